The minimum absolute atomic E-state index is 0.238. The molecule has 36 heavy (non-hydrogen) atoms. The molecule has 0 aliphatic rings. The van der Waals surface area contributed by atoms with Gasteiger partial charge in [0.1, 0.15) is 16.9 Å². The number of pyridine rings is 3. The van der Waals surface area contributed by atoms with Crippen LogP contribution in [-0.4, -0.2) is 56.2 Å². The minimum Gasteiger partial charge on any atom is -0.385 e. The van der Waals surface area contributed by atoms with Crippen molar-refractivity contribution < 1.29 is 9.53 Å². The molecule has 1 atom stereocenters. The van der Waals surface area contributed by atoms with Crippen molar-refractivity contribution in [2.75, 3.05) is 26.1 Å². The third-order valence-corrected chi connectivity index (χ3v) is 6.12. The number of hydrogen-bond acceptors (Lipinski definition) is 7. The first-order valence-corrected chi connectivity index (χ1v) is 11.8. The van der Waals surface area contributed by atoms with Gasteiger partial charge in [-0.25, -0.2) is 15.0 Å². The van der Waals surface area contributed by atoms with Crippen molar-refractivity contribution in [3.05, 3.63) is 66.4 Å². The number of anilines is 1. The molecule has 10 heteroatoms. The summed E-state index contributed by atoms with van der Waals surface area (Å²) in [6, 6.07) is 12.9. The van der Waals surface area contributed by atoms with Crippen molar-refractivity contribution in [2.24, 2.45) is 7.05 Å². The topological polar surface area (TPSA) is 123 Å². The fourth-order valence-corrected chi connectivity index (χ4v) is 4.36. The SMILES string of the molecule is CNc1nc2[nH]c(-c3cccc([C@H](CCCOC)NC(=O)c4ccccn4)n3)cc2c2c1ncn2C. The van der Waals surface area contributed by atoms with Crippen molar-refractivity contribution >= 4 is 33.8 Å². The molecule has 0 saturated carbocycles. The van der Waals surface area contributed by atoms with E-state index in [2.05, 4.69) is 25.6 Å². The summed E-state index contributed by atoms with van der Waals surface area (Å²) in [6.45, 7) is 0.595. The van der Waals surface area contributed by atoms with Gasteiger partial charge in [-0.2, -0.15) is 0 Å². The number of aromatic amines is 1. The summed E-state index contributed by atoms with van der Waals surface area (Å²) in [6.07, 6.45) is 4.85. The minimum atomic E-state index is -0.295. The number of carbonyl (C=O) groups excluding carboxylic acids is 1. The highest BCUT2D eigenvalue weighted by atomic mass is 16.5. The van der Waals surface area contributed by atoms with Crippen LogP contribution in [0.2, 0.25) is 0 Å². The summed E-state index contributed by atoms with van der Waals surface area (Å²) < 4.78 is 7.22. The molecular formula is C26H28N8O2. The molecule has 5 rings (SSSR count). The number of aryl methyl sites for hydroxylation is 1. The van der Waals surface area contributed by atoms with Crippen molar-refractivity contribution in [1.82, 2.24) is 34.8 Å². The Labute approximate surface area is 208 Å². The number of ether oxygens (including phenoxy) is 1. The molecule has 0 unspecified atom stereocenters. The van der Waals surface area contributed by atoms with Crippen LogP contribution in [0.15, 0.2) is 55.0 Å². The van der Waals surface area contributed by atoms with Gasteiger partial charge in [0.15, 0.2) is 5.82 Å². The number of fused-ring (bicyclic) bond motifs is 3. The molecule has 0 bridgehead atoms. The van der Waals surface area contributed by atoms with E-state index in [1.54, 1.807) is 37.8 Å². The number of methoxy groups -OCH3 is 1. The molecule has 0 spiro atoms. The highest BCUT2D eigenvalue weighted by Gasteiger charge is 2.20. The lowest BCUT2D eigenvalue weighted by Gasteiger charge is -2.19. The summed E-state index contributed by atoms with van der Waals surface area (Å²) in [5.41, 5.74) is 5.28. The Kier molecular flexibility index (Phi) is 6.59. The zero-order valence-corrected chi connectivity index (χ0v) is 20.4. The molecule has 184 valence electrons. The monoisotopic (exact) mass is 484 g/mol. The number of H-pyrrole nitrogens is 1. The predicted octanol–water partition coefficient (Wildman–Crippen LogP) is 3.85. The number of nitrogens with one attached hydrogen (secondary N) is 3. The normalized spacial score (nSPS) is 12.2. The average molecular weight is 485 g/mol. The van der Waals surface area contributed by atoms with Crippen LogP contribution < -0.4 is 10.6 Å². The van der Waals surface area contributed by atoms with E-state index in [0.717, 1.165) is 45.6 Å². The lowest BCUT2D eigenvalue weighted by atomic mass is 10.1. The van der Waals surface area contributed by atoms with Crippen molar-refractivity contribution in [2.45, 2.75) is 18.9 Å². The molecule has 0 radical (unpaired) electrons. The summed E-state index contributed by atoms with van der Waals surface area (Å²) in [4.78, 5) is 34.6. The molecule has 5 aromatic heterocycles. The summed E-state index contributed by atoms with van der Waals surface area (Å²) >= 11 is 0. The van der Waals surface area contributed by atoms with Crippen LogP contribution in [0.1, 0.15) is 35.1 Å². The summed E-state index contributed by atoms with van der Waals surface area (Å²) in [7, 11) is 5.47. The maximum Gasteiger partial charge on any atom is 0.270 e. The molecular weight excluding hydrogens is 456 g/mol. The summed E-state index contributed by atoms with van der Waals surface area (Å²) in [5.74, 6) is 0.474. The number of nitrogens with zero attached hydrogens (tertiary/aromatic N) is 5. The molecule has 5 heterocycles. The van der Waals surface area contributed by atoms with Crippen molar-refractivity contribution in [1.29, 1.82) is 0 Å². The largest absolute Gasteiger partial charge is 0.385 e. The second-order valence-corrected chi connectivity index (χ2v) is 8.53. The van der Waals surface area contributed by atoms with Gasteiger partial charge in [-0.05, 0) is 43.2 Å². The van der Waals surface area contributed by atoms with Crippen LogP contribution in [0.3, 0.4) is 0 Å². The van der Waals surface area contributed by atoms with E-state index in [9.17, 15) is 4.79 Å². The first-order valence-electron chi connectivity index (χ1n) is 11.8. The number of hydrogen-bond donors (Lipinski definition) is 3. The lowest BCUT2D eigenvalue weighted by Crippen LogP contribution is -2.30. The van der Waals surface area contributed by atoms with Crippen molar-refractivity contribution in [3.63, 3.8) is 0 Å². The molecule has 0 aliphatic heterocycles. The molecule has 5 aromatic rings. The van der Waals surface area contributed by atoms with Crippen LogP contribution in [0.5, 0.6) is 0 Å². The zero-order chi connectivity index (χ0) is 25.1. The Hall–Kier alpha value is -4.31. The number of carbonyl (C=O) groups is 1. The van der Waals surface area contributed by atoms with Crippen molar-refractivity contribution in [3.8, 4) is 11.4 Å². The number of aromatic nitrogens is 6. The van der Waals surface area contributed by atoms with Gasteiger partial charge in [-0.1, -0.05) is 12.1 Å². The van der Waals surface area contributed by atoms with E-state index in [-0.39, 0.29) is 11.9 Å². The van der Waals surface area contributed by atoms with E-state index in [1.807, 2.05) is 42.9 Å². The maximum atomic E-state index is 12.9. The van der Waals surface area contributed by atoms with Gasteiger partial charge in [0, 0.05) is 39.4 Å². The molecule has 0 fully saturated rings. The Morgan fingerprint density at radius 3 is 2.83 bits per heavy atom. The maximum absolute atomic E-state index is 12.9. The number of rotatable bonds is 9. The fourth-order valence-electron chi connectivity index (χ4n) is 4.36. The van der Waals surface area contributed by atoms with E-state index in [1.165, 1.54) is 0 Å². The molecule has 10 nitrogen and oxygen atoms in total. The quantitative estimate of drug-likeness (QED) is 0.272. The third-order valence-electron chi connectivity index (χ3n) is 6.12. The van der Waals surface area contributed by atoms with Gasteiger partial charge in [-0.15, -0.1) is 0 Å². The van der Waals surface area contributed by atoms with Crippen LogP contribution in [-0.2, 0) is 11.8 Å². The van der Waals surface area contributed by atoms with Crippen LogP contribution in [0.25, 0.3) is 33.5 Å². The molecule has 0 aromatic carbocycles. The third kappa shape index (κ3) is 4.50. The second kappa shape index (κ2) is 10.1. The second-order valence-electron chi connectivity index (χ2n) is 8.53. The van der Waals surface area contributed by atoms with Crippen LogP contribution in [0, 0.1) is 0 Å². The van der Waals surface area contributed by atoms with Gasteiger partial charge in [-0.3, -0.25) is 9.78 Å². The first-order chi connectivity index (χ1) is 17.6. The van der Waals surface area contributed by atoms with Gasteiger partial charge in [0.25, 0.3) is 5.91 Å². The predicted molar refractivity (Wildman–Crippen MR) is 139 cm³/mol. The summed E-state index contributed by atoms with van der Waals surface area (Å²) in [5, 5.41) is 7.19. The zero-order valence-electron chi connectivity index (χ0n) is 20.4. The standard InChI is InChI=1S/C26H28N8O2/c1-27-25-22-23(34(2)15-29-22)16-14-21(31-24(16)33-25)19-10-6-9-17(30-19)18(11-7-13-36-3)32-26(35)20-8-4-5-12-28-20/h4-6,8-10,12,14-15,18H,7,11,13H2,1-3H3,(H,32,35)(H2,27,31,33)/t18-/m0/s1. The molecule has 0 aliphatic carbocycles. The Morgan fingerprint density at radius 2 is 2.06 bits per heavy atom. The van der Waals surface area contributed by atoms with Gasteiger partial charge in [0.05, 0.1) is 35.0 Å². The fraction of sp³-hybridized carbons (Fsp3) is 0.269. The number of imidazole rings is 1. The van der Waals surface area contributed by atoms with Gasteiger partial charge >= 0.3 is 0 Å². The van der Waals surface area contributed by atoms with Gasteiger partial charge in [0.2, 0.25) is 0 Å². The Bertz CT molecular complexity index is 1510. The molecule has 0 saturated heterocycles. The Balaban J connectivity index is 1.50. The Morgan fingerprint density at radius 1 is 1.17 bits per heavy atom. The van der Waals surface area contributed by atoms with Gasteiger partial charge < -0.3 is 24.9 Å². The molecule has 1 amide bonds. The van der Waals surface area contributed by atoms with Crippen LogP contribution >= 0.6 is 0 Å². The van der Waals surface area contributed by atoms with E-state index >= 15 is 0 Å². The average Bonchev–Trinajstić information content (AvgIpc) is 3.51. The smallest absolute Gasteiger partial charge is 0.270 e. The lowest BCUT2D eigenvalue weighted by molar-refractivity contribution is 0.0925. The highest BCUT2D eigenvalue weighted by Crippen LogP contribution is 2.31. The van der Waals surface area contributed by atoms with E-state index < -0.39 is 0 Å². The molecule has 3 N–H and O–H groups in total. The number of amides is 1. The van der Waals surface area contributed by atoms with Crippen LogP contribution in [0.4, 0.5) is 5.82 Å². The highest BCUT2D eigenvalue weighted by molar-refractivity contribution is 6.07. The first kappa shape index (κ1) is 23.4. The van der Waals surface area contributed by atoms with E-state index in [0.29, 0.717) is 24.5 Å². The van der Waals surface area contributed by atoms with E-state index in [4.69, 9.17) is 14.7 Å².